The zero-order chi connectivity index (χ0) is 23.7. The first-order valence-electron chi connectivity index (χ1n) is 11.1. The smallest absolute Gasteiger partial charge is 0.337 e. The van der Waals surface area contributed by atoms with Crippen LogP contribution >= 0.6 is 0 Å². The Morgan fingerprint density at radius 3 is 2.42 bits per heavy atom. The third-order valence-electron chi connectivity index (χ3n) is 6.08. The molecular weight excluding hydrogens is 422 g/mol. The van der Waals surface area contributed by atoms with E-state index in [0.29, 0.717) is 52.0 Å². The number of ether oxygens (including phenoxy) is 2. The fraction of sp³-hybridized carbons (Fsp3) is 0.385. The predicted octanol–water partition coefficient (Wildman–Crippen LogP) is 4.86. The number of rotatable bonds is 5. The summed E-state index contributed by atoms with van der Waals surface area (Å²) in [7, 11) is 1.31. The van der Waals surface area contributed by atoms with Crippen LogP contribution < -0.4 is 10.2 Å². The number of hydrogen-bond acceptors (Lipinski definition) is 7. The molecule has 2 heterocycles. The van der Waals surface area contributed by atoms with Crippen LogP contribution in [-0.2, 0) is 11.3 Å². The largest absolute Gasteiger partial charge is 0.507 e. The zero-order valence-corrected chi connectivity index (χ0v) is 19.4. The Kier molecular flexibility index (Phi) is 6.42. The molecule has 0 spiro atoms. The van der Waals surface area contributed by atoms with E-state index >= 15 is 0 Å². The number of carbonyl (C=O) groups excluding carboxylic acids is 1. The molecule has 1 N–H and O–H groups in total. The van der Waals surface area contributed by atoms with Crippen molar-refractivity contribution < 1.29 is 23.8 Å². The van der Waals surface area contributed by atoms with Gasteiger partial charge in [-0.1, -0.05) is 13.8 Å². The highest BCUT2D eigenvalue weighted by molar-refractivity contribution is 5.89. The van der Waals surface area contributed by atoms with Crippen LogP contribution in [0.2, 0.25) is 0 Å². The minimum Gasteiger partial charge on any atom is -0.507 e. The van der Waals surface area contributed by atoms with E-state index < -0.39 is 5.97 Å². The van der Waals surface area contributed by atoms with Gasteiger partial charge in [-0.2, -0.15) is 0 Å². The van der Waals surface area contributed by atoms with Crippen LogP contribution in [-0.4, -0.2) is 36.2 Å². The number of carbonyl (C=O) groups is 1. The van der Waals surface area contributed by atoms with Crippen LogP contribution in [0.1, 0.15) is 41.9 Å². The molecule has 1 aliphatic rings. The van der Waals surface area contributed by atoms with Crippen LogP contribution in [0.25, 0.3) is 11.0 Å². The van der Waals surface area contributed by atoms with Gasteiger partial charge in [0.2, 0.25) is 11.2 Å². The van der Waals surface area contributed by atoms with Gasteiger partial charge in [0, 0.05) is 19.6 Å². The van der Waals surface area contributed by atoms with E-state index in [1.54, 1.807) is 37.3 Å². The number of likely N-dealkylation sites (tertiary alicyclic amines) is 1. The lowest BCUT2D eigenvalue weighted by molar-refractivity contribution is 0.0600. The molecule has 4 rings (SSSR count). The van der Waals surface area contributed by atoms with Crippen LogP contribution in [0.3, 0.4) is 0 Å². The predicted molar refractivity (Wildman–Crippen MR) is 125 cm³/mol. The first-order valence-corrected chi connectivity index (χ1v) is 11.1. The van der Waals surface area contributed by atoms with Crippen LogP contribution in [0.5, 0.6) is 17.2 Å². The standard InChI is InChI=1S/C26H29NO6/c1-15-11-16(2)13-27(12-15)14-21-22(28)10-9-20-23(29)24(17(3)32-25(20)21)33-19-7-5-18(6-8-19)26(30)31-4/h5-10,15-16,28H,11-14H2,1-4H3. The van der Waals surface area contributed by atoms with E-state index in [1.165, 1.54) is 19.6 Å². The van der Waals surface area contributed by atoms with Crippen molar-refractivity contribution in [2.75, 3.05) is 20.2 Å². The molecule has 174 valence electrons. The topological polar surface area (TPSA) is 89.2 Å². The van der Waals surface area contributed by atoms with Crippen LogP contribution in [0.4, 0.5) is 0 Å². The third kappa shape index (κ3) is 4.73. The highest BCUT2D eigenvalue weighted by Crippen LogP contribution is 2.33. The van der Waals surface area contributed by atoms with Gasteiger partial charge in [-0.25, -0.2) is 4.79 Å². The van der Waals surface area contributed by atoms with Gasteiger partial charge >= 0.3 is 5.97 Å². The highest BCUT2D eigenvalue weighted by Gasteiger charge is 2.25. The molecule has 0 radical (unpaired) electrons. The SMILES string of the molecule is COC(=O)c1ccc(Oc2c(C)oc3c(CN4CC(C)CC(C)C4)c(O)ccc3c2=O)cc1. The third-order valence-corrected chi connectivity index (χ3v) is 6.08. The number of benzene rings is 2. The number of phenols is 1. The molecule has 1 fully saturated rings. The molecule has 0 aliphatic carbocycles. The summed E-state index contributed by atoms with van der Waals surface area (Å²) in [6.07, 6.45) is 1.19. The van der Waals surface area contributed by atoms with Crippen molar-refractivity contribution in [3.63, 3.8) is 0 Å². The Balaban J connectivity index is 1.68. The summed E-state index contributed by atoms with van der Waals surface area (Å²) < 4.78 is 16.6. The lowest BCUT2D eigenvalue weighted by Gasteiger charge is -2.35. The monoisotopic (exact) mass is 451 g/mol. The molecule has 7 nitrogen and oxygen atoms in total. The number of fused-ring (bicyclic) bond motifs is 1. The second-order valence-electron chi connectivity index (χ2n) is 9.01. The molecule has 0 saturated carbocycles. The summed E-state index contributed by atoms with van der Waals surface area (Å²) in [5.74, 6) is 1.60. The van der Waals surface area contributed by atoms with Crippen molar-refractivity contribution in [2.24, 2.45) is 11.8 Å². The molecule has 2 unspecified atom stereocenters. The molecule has 33 heavy (non-hydrogen) atoms. The van der Waals surface area contributed by atoms with Crippen LogP contribution in [0, 0.1) is 18.8 Å². The van der Waals surface area contributed by atoms with Gasteiger partial charge in [-0.15, -0.1) is 0 Å². The number of piperidine rings is 1. The zero-order valence-electron chi connectivity index (χ0n) is 19.4. The van der Waals surface area contributed by atoms with Crippen molar-refractivity contribution in [3.05, 3.63) is 63.5 Å². The Labute approximate surface area is 192 Å². The summed E-state index contributed by atoms with van der Waals surface area (Å²) in [5.41, 5.74) is 1.07. The number of phenolic OH excluding ortho intramolecular Hbond substituents is 1. The average molecular weight is 452 g/mol. The molecule has 1 saturated heterocycles. The van der Waals surface area contributed by atoms with Gasteiger partial charge < -0.3 is 19.0 Å². The lowest BCUT2D eigenvalue weighted by atomic mass is 9.91. The van der Waals surface area contributed by atoms with Crippen molar-refractivity contribution in [3.8, 4) is 17.2 Å². The Morgan fingerprint density at radius 2 is 1.79 bits per heavy atom. The molecule has 2 atom stereocenters. The molecule has 0 bridgehead atoms. The van der Waals surface area contributed by atoms with E-state index in [-0.39, 0.29) is 16.9 Å². The second kappa shape index (κ2) is 9.27. The molecule has 1 aromatic heterocycles. The Hall–Kier alpha value is -3.32. The molecule has 7 heteroatoms. The Morgan fingerprint density at radius 1 is 1.12 bits per heavy atom. The fourth-order valence-electron chi connectivity index (χ4n) is 4.70. The number of esters is 1. The molecule has 1 aliphatic heterocycles. The summed E-state index contributed by atoms with van der Waals surface area (Å²) in [6.45, 7) is 8.51. The van der Waals surface area contributed by atoms with Gasteiger partial charge in [-0.05, 0) is 61.6 Å². The normalized spacial score (nSPS) is 18.9. The second-order valence-corrected chi connectivity index (χ2v) is 9.01. The first kappa shape index (κ1) is 22.9. The van der Waals surface area contributed by atoms with Crippen molar-refractivity contribution in [1.29, 1.82) is 0 Å². The van der Waals surface area contributed by atoms with E-state index in [0.717, 1.165) is 13.1 Å². The number of methoxy groups -OCH3 is 1. The van der Waals surface area contributed by atoms with E-state index in [4.69, 9.17) is 13.9 Å². The summed E-state index contributed by atoms with van der Waals surface area (Å²) >= 11 is 0. The first-order chi connectivity index (χ1) is 15.8. The van der Waals surface area contributed by atoms with Crippen molar-refractivity contribution >= 4 is 16.9 Å². The molecular formula is C26H29NO6. The van der Waals surface area contributed by atoms with Gasteiger partial charge in [0.05, 0.1) is 23.6 Å². The maximum Gasteiger partial charge on any atom is 0.337 e. The van der Waals surface area contributed by atoms with Crippen molar-refractivity contribution in [1.82, 2.24) is 4.90 Å². The average Bonchev–Trinajstić information content (AvgIpc) is 2.78. The highest BCUT2D eigenvalue weighted by atomic mass is 16.5. The van der Waals surface area contributed by atoms with Gasteiger partial charge in [0.15, 0.2) is 0 Å². The number of nitrogens with zero attached hydrogens (tertiary/aromatic N) is 1. The van der Waals surface area contributed by atoms with Crippen LogP contribution in [0.15, 0.2) is 45.6 Å². The Bertz CT molecular complexity index is 1220. The van der Waals surface area contributed by atoms with E-state index in [9.17, 15) is 14.7 Å². The fourth-order valence-corrected chi connectivity index (χ4v) is 4.70. The van der Waals surface area contributed by atoms with Crippen molar-refractivity contribution in [2.45, 2.75) is 33.7 Å². The molecule has 0 amide bonds. The van der Waals surface area contributed by atoms with Gasteiger partial charge in [-0.3, -0.25) is 9.69 Å². The van der Waals surface area contributed by atoms with E-state index in [1.807, 2.05) is 0 Å². The van der Waals surface area contributed by atoms with Gasteiger partial charge in [0.25, 0.3) is 0 Å². The quantitative estimate of drug-likeness (QED) is 0.554. The molecule has 2 aromatic carbocycles. The van der Waals surface area contributed by atoms with E-state index in [2.05, 4.69) is 18.7 Å². The summed E-state index contributed by atoms with van der Waals surface area (Å²) in [6, 6.07) is 9.42. The summed E-state index contributed by atoms with van der Waals surface area (Å²) in [4.78, 5) is 27.2. The number of aryl methyl sites for hydroxylation is 1. The maximum absolute atomic E-state index is 13.3. The lowest BCUT2D eigenvalue weighted by Crippen LogP contribution is -2.38. The maximum atomic E-state index is 13.3. The van der Waals surface area contributed by atoms with Gasteiger partial charge in [0.1, 0.15) is 22.8 Å². The minimum atomic E-state index is -0.451. The summed E-state index contributed by atoms with van der Waals surface area (Å²) in [5, 5.41) is 10.9. The minimum absolute atomic E-state index is 0.0742. The molecule has 3 aromatic rings. The number of hydrogen-bond donors (Lipinski definition) is 1. The number of aromatic hydroxyl groups is 1.